The Hall–Kier alpha value is -2.37. The predicted octanol–water partition coefficient (Wildman–Crippen LogP) is 0.409. The van der Waals surface area contributed by atoms with Crippen molar-refractivity contribution in [2.45, 2.75) is 20.3 Å². The minimum Gasteiger partial charge on any atom is -0.326 e. The van der Waals surface area contributed by atoms with Crippen LogP contribution < -0.4 is 16.2 Å². The van der Waals surface area contributed by atoms with Gasteiger partial charge in [-0.2, -0.15) is 0 Å². The highest BCUT2D eigenvalue weighted by atomic mass is 16.2. The van der Waals surface area contributed by atoms with Crippen molar-refractivity contribution in [1.82, 2.24) is 10.9 Å². The zero-order valence-corrected chi connectivity index (χ0v) is 10.7. The molecular formula is C13H15N3O3. The number of benzene rings is 1. The van der Waals surface area contributed by atoms with Crippen LogP contribution in [0, 0.1) is 19.8 Å². The summed E-state index contributed by atoms with van der Waals surface area (Å²) in [5.74, 6) is -2.26. The van der Waals surface area contributed by atoms with Crippen LogP contribution in [0.1, 0.15) is 17.5 Å². The van der Waals surface area contributed by atoms with Gasteiger partial charge in [-0.15, -0.1) is 0 Å². The van der Waals surface area contributed by atoms with Crippen molar-refractivity contribution >= 4 is 23.4 Å². The quantitative estimate of drug-likeness (QED) is 0.689. The molecule has 0 saturated carbocycles. The molecule has 6 nitrogen and oxygen atoms in total. The number of rotatable bonds is 3. The van der Waals surface area contributed by atoms with E-state index >= 15 is 0 Å². The number of hydrogen-bond acceptors (Lipinski definition) is 3. The van der Waals surface area contributed by atoms with Gasteiger partial charge >= 0.3 is 0 Å². The Morgan fingerprint density at radius 3 is 2.37 bits per heavy atom. The number of anilines is 1. The number of aryl methyl sites for hydroxylation is 2. The van der Waals surface area contributed by atoms with Gasteiger partial charge in [-0.1, -0.05) is 6.07 Å². The second-order valence-corrected chi connectivity index (χ2v) is 4.58. The van der Waals surface area contributed by atoms with Crippen LogP contribution in [-0.4, -0.2) is 17.7 Å². The van der Waals surface area contributed by atoms with Gasteiger partial charge in [0.15, 0.2) is 0 Å². The molecule has 0 aliphatic carbocycles. The molecule has 1 heterocycles. The van der Waals surface area contributed by atoms with Crippen LogP contribution in [0.3, 0.4) is 0 Å². The van der Waals surface area contributed by atoms with Crippen molar-refractivity contribution in [3.8, 4) is 0 Å². The highest BCUT2D eigenvalue weighted by molar-refractivity contribution is 6.08. The van der Waals surface area contributed by atoms with E-state index in [0.29, 0.717) is 5.69 Å². The van der Waals surface area contributed by atoms with Gasteiger partial charge in [0, 0.05) is 12.1 Å². The van der Waals surface area contributed by atoms with Crippen LogP contribution in [0.4, 0.5) is 5.69 Å². The molecule has 1 aromatic rings. The van der Waals surface area contributed by atoms with Gasteiger partial charge in [0.05, 0.1) is 0 Å². The monoisotopic (exact) mass is 261 g/mol. The molecule has 2 rings (SSSR count). The molecule has 1 aliphatic rings. The molecule has 1 aromatic carbocycles. The molecule has 6 heteroatoms. The Morgan fingerprint density at radius 1 is 1.16 bits per heavy atom. The summed E-state index contributed by atoms with van der Waals surface area (Å²) in [5, 5.41) is 2.68. The Balaban J connectivity index is 1.99. The first kappa shape index (κ1) is 13.1. The fraction of sp³-hybridized carbons (Fsp3) is 0.308. The molecule has 0 bridgehead atoms. The first-order valence-corrected chi connectivity index (χ1v) is 5.94. The van der Waals surface area contributed by atoms with Crippen molar-refractivity contribution in [3.63, 3.8) is 0 Å². The molecule has 3 amide bonds. The lowest BCUT2D eigenvalue weighted by Crippen LogP contribution is -2.28. The van der Waals surface area contributed by atoms with E-state index in [1.165, 1.54) is 0 Å². The van der Waals surface area contributed by atoms with Crippen LogP contribution in [0.15, 0.2) is 18.2 Å². The molecule has 3 N–H and O–H groups in total. The summed E-state index contributed by atoms with van der Waals surface area (Å²) in [5.41, 5.74) is 7.23. The summed E-state index contributed by atoms with van der Waals surface area (Å²) in [6.07, 6.45) is -0.162. The molecule has 0 aromatic heterocycles. The zero-order chi connectivity index (χ0) is 14.0. The van der Waals surface area contributed by atoms with Gasteiger partial charge in [0.2, 0.25) is 5.91 Å². The lowest BCUT2D eigenvalue weighted by atomic mass is 10.0. The third-order valence-corrected chi connectivity index (χ3v) is 3.12. The summed E-state index contributed by atoms with van der Waals surface area (Å²) in [4.78, 5) is 34.4. The minimum absolute atomic E-state index is 0.162. The third-order valence-electron chi connectivity index (χ3n) is 3.12. The maximum absolute atomic E-state index is 11.8. The predicted molar refractivity (Wildman–Crippen MR) is 68.9 cm³/mol. The van der Waals surface area contributed by atoms with Gasteiger partial charge in [-0.25, -0.2) is 0 Å². The maximum atomic E-state index is 11.8. The van der Waals surface area contributed by atoms with E-state index in [2.05, 4.69) is 16.2 Å². The van der Waals surface area contributed by atoms with Gasteiger partial charge in [0.25, 0.3) is 11.8 Å². The van der Waals surface area contributed by atoms with E-state index < -0.39 is 17.7 Å². The fourth-order valence-electron chi connectivity index (χ4n) is 1.82. The van der Waals surface area contributed by atoms with Crippen LogP contribution in [0.5, 0.6) is 0 Å². The van der Waals surface area contributed by atoms with Gasteiger partial charge < -0.3 is 5.32 Å². The van der Waals surface area contributed by atoms with E-state index in [1.807, 2.05) is 26.0 Å². The van der Waals surface area contributed by atoms with E-state index in [0.717, 1.165) is 11.1 Å². The molecule has 0 radical (unpaired) electrons. The van der Waals surface area contributed by atoms with E-state index in [-0.39, 0.29) is 12.3 Å². The van der Waals surface area contributed by atoms with Crippen molar-refractivity contribution < 1.29 is 14.4 Å². The second-order valence-electron chi connectivity index (χ2n) is 4.58. The summed E-state index contributed by atoms with van der Waals surface area (Å²) < 4.78 is 0. The average Bonchev–Trinajstić information content (AvgIpc) is 2.66. The van der Waals surface area contributed by atoms with Crippen LogP contribution in [0.25, 0.3) is 0 Å². The van der Waals surface area contributed by atoms with Crippen molar-refractivity contribution in [3.05, 3.63) is 29.3 Å². The summed E-state index contributed by atoms with van der Waals surface area (Å²) >= 11 is 0. The largest absolute Gasteiger partial charge is 0.326 e. The van der Waals surface area contributed by atoms with Gasteiger partial charge in [-0.05, 0) is 37.1 Å². The highest BCUT2D eigenvalue weighted by Gasteiger charge is 2.34. The first-order valence-electron chi connectivity index (χ1n) is 5.94. The summed E-state index contributed by atoms with van der Waals surface area (Å²) in [7, 11) is 0. The Morgan fingerprint density at radius 2 is 1.79 bits per heavy atom. The van der Waals surface area contributed by atoms with Crippen molar-refractivity contribution in [1.29, 1.82) is 0 Å². The fourth-order valence-corrected chi connectivity index (χ4v) is 1.82. The molecule has 1 saturated heterocycles. The topological polar surface area (TPSA) is 87.3 Å². The van der Waals surface area contributed by atoms with Crippen molar-refractivity contribution in [2.24, 2.45) is 5.92 Å². The first-order chi connectivity index (χ1) is 8.97. The SMILES string of the molecule is Cc1ccc(NC(=O)CC2C(=O)NNC2=O)cc1C. The molecule has 0 unspecified atom stereocenters. The summed E-state index contributed by atoms with van der Waals surface area (Å²) in [6, 6.07) is 5.54. The number of carbonyl (C=O) groups excluding carboxylic acids is 3. The Bertz CT molecular complexity index is 538. The van der Waals surface area contributed by atoms with Gasteiger partial charge in [-0.3, -0.25) is 25.2 Å². The van der Waals surface area contributed by atoms with E-state index in [1.54, 1.807) is 6.07 Å². The highest BCUT2D eigenvalue weighted by Crippen LogP contribution is 2.15. The molecule has 0 spiro atoms. The number of nitrogens with one attached hydrogen (secondary N) is 3. The number of amides is 3. The van der Waals surface area contributed by atoms with E-state index in [9.17, 15) is 14.4 Å². The van der Waals surface area contributed by atoms with Crippen molar-refractivity contribution in [2.75, 3.05) is 5.32 Å². The zero-order valence-electron chi connectivity index (χ0n) is 10.7. The molecule has 19 heavy (non-hydrogen) atoms. The number of carbonyl (C=O) groups is 3. The smallest absolute Gasteiger partial charge is 0.251 e. The second kappa shape index (κ2) is 5.09. The standard InChI is InChI=1S/C13H15N3O3/c1-7-3-4-9(5-8(7)2)14-11(17)6-10-12(18)15-16-13(10)19/h3-5,10H,6H2,1-2H3,(H,14,17)(H,15,18)(H,16,19). The number of hydrazine groups is 1. The Labute approximate surface area is 110 Å². The van der Waals surface area contributed by atoms with Crippen LogP contribution >= 0.6 is 0 Å². The van der Waals surface area contributed by atoms with Gasteiger partial charge in [0.1, 0.15) is 5.92 Å². The average molecular weight is 261 g/mol. The molecule has 0 atom stereocenters. The Kier molecular flexibility index (Phi) is 3.50. The van der Waals surface area contributed by atoms with Crippen LogP contribution in [0.2, 0.25) is 0 Å². The maximum Gasteiger partial charge on any atom is 0.251 e. The van der Waals surface area contributed by atoms with E-state index in [4.69, 9.17) is 0 Å². The minimum atomic E-state index is -0.952. The normalized spacial score (nSPS) is 15.1. The lowest BCUT2D eigenvalue weighted by molar-refractivity contribution is -0.131. The number of hydrogen-bond donors (Lipinski definition) is 3. The summed E-state index contributed by atoms with van der Waals surface area (Å²) in [6.45, 7) is 3.93. The third kappa shape index (κ3) is 2.90. The molecule has 1 fully saturated rings. The van der Waals surface area contributed by atoms with Crippen LogP contribution in [-0.2, 0) is 14.4 Å². The lowest BCUT2D eigenvalue weighted by Gasteiger charge is -2.08. The molecule has 1 aliphatic heterocycles. The molecule has 100 valence electrons. The molecular weight excluding hydrogens is 246 g/mol.